The summed E-state index contributed by atoms with van der Waals surface area (Å²) < 4.78 is 12.1. The van der Waals surface area contributed by atoms with Gasteiger partial charge in [0, 0.05) is 16.8 Å². The van der Waals surface area contributed by atoms with Gasteiger partial charge in [-0.2, -0.15) is 0 Å². The quantitative estimate of drug-likeness (QED) is 0.193. The second kappa shape index (κ2) is 12.4. The second-order valence-corrected chi connectivity index (χ2v) is 9.68. The number of nitrogens with two attached hydrogens (primary N) is 2. The van der Waals surface area contributed by atoms with Crippen molar-refractivity contribution in [3.8, 4) is 23.0 Å². The molecule has 0 aliphatic heterocycles. The predicted octanol–water partition coefficient (Wildman–Crippen LogP) is 9.10. The normalized spacial score (nSPS) is 11.3. The number of nitrogen functional groups attached to an aromatic ring is 2. The van der Waals surface area contributed by atoms with Gasteiger partial charge in [-0.3, -0.25) is 0 Å². The lowest BCUT2D eigenvalue weighted by Gasteiger charge is -2.36. The molecule has 4 N–H and O–H groups in total. The van der Waals surface area contributed by atoms with Crippen LogP contribution in [-0.2, 0) is 5.41 Å². The maximum Gasteiger partial charge on any atom is 0.127 e. The fourth-order valence-corrected chi connectivity index (χ4v) is 4.85. The zero-order chi connectivity index (χ0) is 26.1. The number of unbranched alkanes of at least 4 members (excludes halogenated alkanes) is 2. The molecule has 0 unspecified atom stereocenters. The van der Waals surface area contributed by atoms with Crippen molar-refractivity contribution in [1.29, 1.82) is 0 Å². The molecule has 4 nitrogen and oxygen atoms in total. The standard InChI is InChI=1S/C33H38N2O2/c1-3-5-23-33(24-6-4-2,25-7-15-29(16-8-25)36-31-19-11-27(34)12-20-31)26-9-17-30(18-10-26)37-32-21-13-28(35)14-22-32/h7-22H,3-6,23-24,34-35H2,1-2H3. The first-order valence-corrected chi connectivity index (χ1v) is 13.3. The minimum Gasteiger partial charge on any atom is -0.457 e. The average Bonchev–Trinajstić information content (AvgIpc) is 2.93. The Morgan fingerprint density at radius 3 is 1.08 bits per heavy atom. The van der Waals surface area contributed by atoms with E-state index in [0.29, 0.717) is 0 Å². The van der Waals surface area contributed by atoms with Crippen molar-refractivity contribution in [3.63, 3.8) is 0 Å². The Labute approximate surface area is 221 Å². The first-order chi connectivity index (χ1) is 18.0. The Hall–Kier alpha value is -3.92. The molecular formula is C33H38N2O2. The molecule has 192 valence electrons. The summed E-state index contributed by atoms with van der Waals surface area (Å²) >= 11 is 0. The third-order valence-corrected chi connectivity index (χ3v) is 6.96. The lowest BCUT2D eigenvalue weighted by atomic mass is 9.68. The third kappa shape index (κ3) is 6.65. The van der Waals surface area contributed by atoms with E-state index < -0.39 is 0 Å². The van der Waals surface area contributed by atoms with Gasteiger partial charge in [-0.25, -0.2) is 0 Å². The summed E-state index contributed by atoms with van der Waals surface area (Å²) in [4.78, 5) is 0. The first-order valence-electron chi connectivity index (χ1n) is 13.3. The van der Waals surface area contributed by atoms with Crippen molar-refractivity contribution >= 4 is 11.4 Å². The number of benzene rings is 4. The molecule has 0 saturated carbocycles. The molecule has 0 fully saturated rings. The van der Waals surface area contributed by atoms with Crippen LogP contribution in [0.15, 0.2) is 97.1 Å². The fourth-order valence-electron chi connectivity index (χ4n) is 4.85. The van der Waals surface area contributed by atoms with E-state index in [1.54, 1.807) is 0 Å². The smallest absolute Gasteiger partial charge is 0.127 e. The molecule has 4 heteroatoms. The van der Waals surface area contributed by atoms with E-state index >= 15 is 0 Å². The number of hydrogen-bond acceptors (Lipinski definition) is 4. The van der Waals surface area contributed by atoms with Gasteiger partial charge < -0.3 is 20.9 Å². The molecule has 0 atom stereocenters. The monoisotopic (exact) mass is 494 g/mol. The van der Waals surface area contributed by atoms with E-state index in [0.717, 1.165) is 72.9 Å². The van der Waals surface area contributed by atoms with Gasteiger partial charge in [-0.05, 0) is 96.8 Å². The van der Waals surface area contributed by atoms with Crippen molar-refractivity contribution in [3.05, 3.63) is 108 Å². The van der Waals surface area contributed by atoms with Crippen LogP contribution in [0, 0.1) is 0 Å². The maximum atomic E-state index is 6.07. The van der Waals surface area contributed by atoms with Gasteiger partial charge >= 0.3 is 0 Å². The van der Waals surface area contributed by atoms with Crippen LogP contribution < -0.4 is 20.9 Å². The van der Waals surface area contributed by atoms with E-state index in [4.69, 9.17) is 20.9 Å². The lowest BCUT2D eigenvalue weighted by Crippen LogP contribution is -2.28. The highest BCUT2D eigenvalue weighted by Gasteiger charge is 2.33. The van der Waals surface area contributed by atoms with Crippen molar-refractivity contribution < 1.29 is 9.47 Å². The summed E-state index contributed by atoms with van der Waals surface area (Å²) in [6.45, 7) is 4.52. The molecule has 0 heterocycles. The summed E-state index contributed by atoms with van der Waals surface area (Å²) in [6, 6.07) is 32.2. The van der Waals surface area contributed by atoms with Crippen LogP contribution in [0.1, 0.15) is 63.5 Å². The van der Waals surface area contributed by atoms with Crippen LogP contribution in [0.25, 0.3) is 0 Å². The lowest BCUT2D eigenvalue weighted by molar-refractivity contribution is 0.404. The predicted molar refractivity (Wildman–Crippen MR) is 155 cm³/mol. The third-order valence-electron chi connectivity index (χ3n) is 6.96. The Kier molecular flexibility index (Phi) is 8.73. The van der Waals surface area contributed by atoms with E-state index in [1.807, 2.05) is 48.5 Å². The molecule has 4 rings (SSSR count). The summed E-state index contributed by atoms with van der Waals surface area (Å²) in [6.07, 6.45) is 6.84. The summed E-state index contributed by atoms with van der Waals surface area (Å²) in [5.74, 6) is 3.20. The molecule has 0 saturated heterocycles. The maximum absolute atomic E-state index is 6.07. The van der Waals surface area contributed by atoms with Gasteiger partial charge in [0.25, 0.3) is 0 Å². The highest BCUT2D eigenvalue weighted by atomic mass is 16.5. The van der Waals surface area contributed by atoms with Crippen molar-refractivity contribution in [2.24, 2.45) is 0 Å². The topological polar surface area (TPSA) is 70.5 Å². The minimum atomic E-state index is -0.0640. The van der Waals surface area contributed by atoms with Crippen LogP contribution in [0.2, 0.25) is 0 Å². The number of anilines is 2. The molecule has 0 bridgehead atoms. The largest absolute Gasteiger partial charge is 0.457 e. The van der Waals surface area contributed by atoms with E-state index in [1.165, 1.54) is 11.1 Å². The molecule has 0 aromatic heterocycles. The van der Waals surface area contributed by atoms with E-state index in [-0.39, 0.29) is 5.41 Å². The summed E-state index contributed by atoms with van der Waals surface area (Å²) in [5.41, 5.74) is 15.7. The Bertz CT molecular complexity index is 1130. The van der Waals surface area contributed by atoms with Gasteiger partial charge in [0.05, 0.1) is 0 Å². The van der Waals surface area contributed by atoms with Gasteiger partial charge in [0.2, 0.25) is 0 Å². The molecule has 0 amide bonds. The van der Waals surface area contributed by atoms with Crippen molar-refractivity contribution in [1.82, 2.24) is 0 Å². The Morgan fingerprint density at radius 2 is 0.784 bits per heavy atom. The number of hydrogen-bond donors (Lipinski definition) is 2. The van der Waals surface area contributed by atoms with E-state index in [2.05, 4.69) is 62.4 Å². The number of ether oxygens (including phenoxy) is 2. The summed E-state index contributed by atoms with van der Waals surface area (Å²) in [5, 5.41) is 0. The van der Waals surface area contributed by atoms with Crippen LogP contribution in [0.5, 0.6) is 23.0 Å². The Morgan fingerprint density at radius 1 is 0.486 bits per heavy atom. The molecule has 0 spiro atoms. The summed E-state index contributed by atoms with van der Waals surface area (Å²) in [7, 11) is 0. The van der Waals surface area contributed by atoms with Crippen molar-refractivity contribution in [2.45, 2.75) is 57.8 Å². The Balaban J connectivity index is 1.62. The van der Waals surface area contributed by atoms with E-state index in [9.17, 15) is 0 Å². The molecule has 0 aliphatic rings. The number of rotatable bonds is 12. The van der Waals surface area contributed by atoms with Crippen LogP contribution in [0.4, 0.5) is 11.4 Å². The highest BCUT2D eigenvalue weighted by Crippen LogP contribution is 2.43. The van der Waals surface area contributed by atoms with Gasteiger partial charge in [-0.1, -0.05) is 63.8 Å². The van der Waals surface area contributed by atoms with Crippen LogP contribution in [0.3, 0.4) is 0 Å². The fraction of sp³-hybridized carbons (Fsp3) is 0.273. The van der Waals surface area contributed by atoms with Crippen molar-refractivity contribution in [2.75, 3.05) is 11.5 Å². The zero-order valence-corrected chi connectivity index (χ0v) is 22.0. The van der Waals surface area contributed by atoms with Crippen LogP contribution in [-0.4, -0.2) is 0 Å². The van der Waals surface area contributed by atoms with Gasteiger partial charge in [0.1, 0.15) is 23.0 Å². The van der Waals surface area contributed by atoms with Gasteiger partial charge in [0.15, 0.2) is 0 Å². The zero-order valence-electron chi connectivity index (χ0n) is 22.0. The molecule has 4 aromatic carbocycles. The molecule has 0 aliphatic carbocycles. The average molecular weight is 495 g/mol. The second-order valence-electron chi connectivity index (χ2n) is 9.68. The van der Waals surface area contributed by atoms with Gasteiger partial charge in [-0.15, -0.1) is 0 Å². The van der Waals surface area contributed by atoms with Crippen LogP contribution >= 0.6 is 0 Å². The highest BCUT2D eigenvalue weighted by molar-refractivity contribution is 5.47. The molecule has 0 radical (unpaired) electrons. The first kappa shape index (κ1) is 26.2. The molecular weight excluding hydrogens is 456 g/mol. The SMILES string of the molecule is CCCCC(CCCC)(c1ccc(Oc2ccc(N)cc2)cc1)c1ccc(Oc2ccc(N)cc2)cc1. The molecule has 4 aromatic rings. The minimum absolute atomic E-state index is 0.0640. The molecule has 37 heavy (non-hydrogen) atoms.